The molecule has 3 nitrogen and oxygen atoms in total. The second-order valence-corrected chi connectivity index (χ2v) is 3.33. The van der Waals surface area contributed by atoms with Crippen LogP contribution in [-0.2, 0) is 0 Å². The number of rotatable bonds is 2. The number of aromatic nitrogens is 1. The van der Waals surface area contributed by atoms with Crippen LogP contribution in [0.2, 0.25) is 0 Å². The molecule has 2 heterocycles. The highest BCUT2D eigenvalue weighted by molar-refractivity contribution is 5.28. The third kappa shape index (κ3) is 1.67. The molecule has 0 amide bonds. The first kappa shape index (κ1) is 8.97. The molecule has 72 valence electrons. The Labute approximate surface area is 82.6 Å². The number of hydrogen-bond donors (Lipinski definition) is 1. The largest absolute Gasteiger partial charge is 0.472 e. The quantitative estimate of drug-likeness (QED) is 0.784. The lowest BCUT2D eigenvalue weighted by molar-refractivity contribution is 0.562. The normalized spacial score (nSPS) is 12.7. The van der Waals surface area contributed by atoms with E-state index in [0.717, 1.165) is 16.7 Å². The SMILES string of the molecule is Cc1cncc(C(N)c2ccoc2)c1. The Morgan fingerprint density at radius 2 is 2.21 bits per heavy atom. The van der Waals surface area contributed by atoms with Crippen LogP contribution < -0.4 is 5.73 Å². The van der Waals surface area contributed by atoms with Gasteiger partial charge in [-0.25, -0.2) is 0 Å². The van der Waals surface area contributed by atoms with E-state index in [1.54, 1.807) is 18.7 Å². The van der Waals surface area contributed by atoms with Gasteiger partial charge in [-0.15, -0.1) is 0 Å². The number of hydrogen-bond acceptors (Lipinski definition) is 3. The summed E-state index contributed by atoms with van der Waals surface area (Å²) in [6.07, 6.45) is 6.88. The van der Waals surface area contributed by atoms with E-state index in [1.165, 1.54) is 0 Å². The molecule has 0 aliphatic carbocycles. The van der Waals surface area contributed by atoms with Crippen LogP contribution in [0.1, 0.15) is 22.7 Å². The molecule has 14 heavy (non-hydrogen) atoms. The monoisotopic (exact) mass is 188 g/mol. The van der Waals surface area contributed by atoms with Gasteiger partial charge < -0.3 is 10.2 Å². The van der Waals surface area contributed by atoms with Crippen molar-refractivity contribution < 1.29 is 4.42 Å². The number of aryl methyl sites for hydroxylation is 1. The van der Waals surface area contributed by atoms with E-state index in [1.807, 2.05) is 25.3 Å². The molecule has 0 aliphatic heterocycles. The van der Waals surface area contributed by atoms with Crippen molar-refractivity contribution in [3.8, 4) is 0 Å². The second-order valence-electron chi connectivity index (χ2n) is 3.33. The van der Waals surface area contributed by atoms with Gasteiger partial charge in [0.25, 0.3) is 0 Å². The summed E-state index contributed by atoms with van der Waals surface area (Å²) in [6, 6.07) is 3.75. The molecule has 0 bridgehead atoms. The first-order valence-corrected chi connectivity index (χ1v) is 4.46. The number of pyridine rings is 1. The summed E-state index contributed by atoms with van der Waals surface area (Å²) in [6.45, 7) is 2.00. The summed E-state index contributed by atoms with van der Waals surface area (Å²) in [7, 11) is 0. The van der Waals surface area contributed by atoms with Crippen molar-refractivity contribution in [3.63, 3.8) is 0 Å². The molecule has 2 N–H and O–H groups in total. The summed E-state index contributed by atoms with van der Waals surface area (Å²) >= 11 is 0. The molecule has 1 unspecified atom stereocenters. The molecule has 0 radical (unpaired) electrons. The molecule has 2 aromatic rings. The van der Waals surface area contributed by atoms with Gasteiger partial charge in [0.15, 0.2) is 0 Å². The minimum atomic E-state index is -0.152. The molecular weight excluding hydrogens is 176 g/mol. The summed E-state index contributed by atoms with van der Waals surface area (Å²) in [4.78, 5) is 4.10. The Bertz CT molecular complexity index is 409. The Balaban J connectivity index is 2.32. The average molecular weight is 188 g/mol. The van der Waals surface area contributed by atoms with Gasteiger partial charge in [0.1, 0.15) is 0 Å². The topological polar surface area (TPSA) is 52.0 Å². The van der Waals surface area contributed by atoms with E-state index in [2.05, 4.69) is 4.98 Å². The molecule has 2 aromatic heterocycles. The zero-order chi connectivity index (χ0) is 9.97. The van der Waals surface area contributed by atoms with Crippen molar-refractivity contribution >= 4 is 0 Å². The third-order valence-electron chi connectivity index (χ3n) is 2.16. The van der Waals surface area contributed by atoms with Crippen molar-refractivity contribution in [1.82, 2.24) is 4.98 Å². The third-order valence-corrected chi connectivity index (χ3v) is 2.16. The summed E-state index contributed by atoms with van der Waals surface area (Å²) < 4.78 is 4.99. The van der Waals surface area contributed by atoms with Gasteiger partial charge in [-0.05, 0) is 24.1 Å². The van der Waals surface area contributed by atoms with Gasteiger partial charge >= 0.3 is 0 Å². The van der Waals surface area contributed by atoms with E-state index >= 15 is 0 Å². The Hall–Kier alpha value is -1.61. The first-order chi connectivity index (χ1) is 6.77. The van der Waals surface area contributed by atoms with Crippen molar-refractivity contribution in [1.29, 1.82) is 0 Å². The smallest absolute Gasteiger partial charge is 0.0953 e. The summed E-state index contributed by atoms with van der Waals surface area (Å²) in [5, 5.41) is 0. The van der Waals surface area contributed by atoms with Crippen LogP contribution in [0.3, 0.4) is 0 Å². The lowest BCUT2D eigenvalue weighted by Crippen LogP contribution is -2.11. The van der Waals surface area contributed by atoms with Gasteiger partial charge in [0, 0.05) is 18.0 Å². The van der Waals surface area contributed by atoms with Crippen LogP contribution in [0.15, 0.2) is 41.5 Å². The van der Waals surface area contributed by atoms with E-state index in [-0.39, 0.29) is 6.04 Å². The van der Waals surface area contributed by atoms with Gasteiger partial charge in [-0.3, -0.25) is 4.98 Å². The predicted molar refractivity (Wildman–Crippen MR) is 53.7 cm³/mol. The maximum Gasteiger partial charge on any atom is 0.0953 e. The van der Waals surface area contributed by atoms with Gasteiger partial charge in [0.05, 0.1) is 18.6 Å². The summed E-state index contributed by atoms with van der Waals surface area (Å²) in [5.41, 5.74) is 9.12. The zero-order valence-corrected chi connectivity index (χ0v) is 7.97. The molecule has 0 aromatic carbocycles. The predicted octanol–water partition coefficient (Wildman–Crippen LogP) is 2.03. The molecular formula is C11H12N2O. The maximum absolute atomic E-state index is 6.03. The van der Waals surface area contributed by atoms with Gasteiger partial charge in [-0.2, -0.15) is 0 Å². The van der Waals surface area contributed by atoms with Crippen molar-refractivity contribution in [3.05, 3.63) is 53.7 Å². The molecule has 1 atom stereocenters. The van der Waals surface area contributed by atoms with E-state index in [0.29, 0.717) is 0 Å². The van der Waals surface area contributed by atoms with Crippen LogP contribution in [0, 0.1) is 6.92 Å². The van der Waals surface area contributed by atoms with Crippen LogP contribution >= 0.6 is 0 Å². The molecule has 0 saturated carbocycles. The van der Waals surface area contributed by atoms with Crippen LogP contribution in [0.4, 0.5) is 0 Å². The van der Waals surface area contributed by atoms with E-state index < -0.39 is 0 Å². The standard InChI is InChI=1S/C11H12N2O/c1-8-4-10(6-13-5-8)11(12)9-2-3-14-7-9/h2-7,11H,12H2,1H3. The maximum atomic E-state index is 6.03. The fourth-order valence-electron chi connectivity index (χ4n) is 1.39. The van der Waals surface area contributed by atoms with Crippen molar-refractivity contribution in [2.75, 3.05) is 0 Å². The minimum Gasteiger partial charge on any atom is -0.472 e. The van der Waals surface area contributed by atoms with Crippen molar-refractivity contribution in [2.24, 2.45) is 5.73 Å². The number of nitrogens with two attached hydrogens (primary N) is 1. The summed E-state index contributed by atoms with van der Waals surface area (Å²) in [5.74, 6) is 0. The van der Waals surface area contributed by atoms with E-state index in [9.17, 15) is 0 Å². The van der Waals surface area contributed by atoms with E-state index in [4.69, 9.17) is 10.2 Å². The fraction of sp³-hybridized carbons (Fsp3) is 0.182. The Morgan fingerprint density at radius 3 is 2.86 bits per heavy atom. The first-order valence-electron chi connectivity index (χ1n) is 4.46. The molecule has 0 fully saturated rings. The number of furan rings is 1. The average Bonchev–Trinajstić information content (AvgIpc) is 2.69. The van der Waals surface area contributed by atoms with Crippen LogP contribution in [-0.4, -0.2) is 4.98 Å². The minimum absolute atomic E-state index is 0.152. The molecule has 0 saturated heterocycles. The highest BCUT2D eigenvalue weighted by Gasteiger charge is 2.09. The molecule has 2 rings (SSSR count). The highest BCUT2D eigenvalue weighted by Crippen LogP contribution is 2.19. The second kappa shape index (κ2) is 3.64. The fourth-order valence-corrected chi connectivity index (χ4v) is 1.39. The molecule has 0 aliphatic rings. The lowest BCUT2D eigenvalue weighted by atomic mass is 10.0. The Kier molecular flexibility index (Phi) is 2.33. The molecule has 3 heteroatoms. The van der Waals surface area contributed by atoms with Gasteiger partial charge in [-0.1, -0.05) is 6.07 Å². The number of nitrogens with zero attached hydrogens (tertiary/aromatic N) is 1. The highest BCUT2D eigenvalue weighted by atomic mass is 16.3. The van der Waals surface area contributed by atoms with Crippen molar-refractivity contribution in [2.45, 2.75) is 13.0 Å². The van der Waals surface area contributed by atoms with Crippen LogP contribution in [0.25, 0.3) is 0 Å². The Morgan fingerprint density at radius 1 is 1.36 bits per heavy atom. The zero-order valence-electron chi connectivity index (χ0n) is 7.97. The van der Waals surface area contributed by atoms with Gasteiger partial charge in [0.2, 0.25) is 0 Å². The lowest BCUT2D eigenvalue weighted by Gasteiger charge is -2.09. The van der Waals surface area contributed by atoms with Crippen LogP contribution in [0.5, 0.6) is 0 Å². The molecule has 0 spiro atoms.